The van der Waals surface area contributed by atoms with E-state index in [1.165, 1.54) is 27.4 Å². The number of alkyl halides is 4. The maximum Gasteiger partial charge on any atom is 0.281 e. The first-order valence-corrected chi connectivity index (χ1v) is 10.2. The van der Waals surface area contributed by atoms with Crippen molar-refractivity contribution in [1.82, 2.24) is 29.0 Å². The second-order valence-corrected chi connectivity index (χ2v) is 8.11. The molecule has 0 aliphatic carbocycles. The first kappa shape index (κ1) is 21.4. The number of aromatic nitrogens is 5. The van der Waals surface area contributed by atoms with Gasteiger partial charge >= 0.3 is 0 Å². The summed E-state index contributed by atoms with van der Waals surface area (Å²) in [7, 11) is 3.06. The number of nitrogens with one attached hydrogen (secondary N) is 1. The maximum absolute atomic E-state index is 14.2. The number of hydrogen-bond acceptors (Lipinski definition) is 6. The fourth-order valence-electron chi connectivity index (χ4n) is 4.23. The summed E-state index contributed by atoms with van der Waals surface area (Å²) in [5.74, 6) is -2.70. The second-order valence-electron chi connectivity index (χ2n) is 8.11. The molecule has 4 heterocycles. The quantitative estimate of drug-likeness (QED) is 0.442. The molecule has 1 aliphatic heterocycles. The van der Waals surface area contributed by atoms with Gasteiger partial charge in [0, 0.05) is 18.3 Å². The normalized spacial score (nSPS) is 18.6. The summed E-state index contributed by atoms with van der Waals surface area (Å²) in [4.78, 5) is 10.0. The van der Waals surface area contributed by atoms with Crippen LogP contribution in [-0.2, 0) is 6.54 Å². The molecule has 1 saturated heterocycles. The van der Waals surface area contributed by atoms with Crippen molar-refractivity contribution in [2.75, 3.05) is 32.6 Å². The number of ether oxygens (including phenoxy) is 1. The lowest BCUT2D eigenvalue weighted by molar-refractivity contribution is 0.00582. The number of halogens is 4. The van der Waals surface area contributed by atoms with Crippen molar-refractivity contribution in [1.29, 1.82) is 0 Å². The molecule has 5 rings (SSSR count). The molecule has 0 unspecified atom stereocenters. The molecule has 0 radical (unpaired) electrons. The average molecular weight is 463 g/mol. The Labute approximate surface area is 185 Å². The third kappa shape index (κ3) is 3.84. The van der Waals surface area contributed by atoms with E-state index in [1.807, 2.05) is 6.07 Å². The molecule has 0 spiro atoms. The van der Waals surface area contributed by atoms with Crippen molar-refractivity contribution in [3.8, 4) is 17.0 Å². The number of hydrogen-bond donors (Lipinski definition) is 1. The van der Waals surface area contributed by atoms with Crippen LogP contribution in [0, 0.1) is 0 Å². The monoisotopic (exact) mass is 463 g/mol. The number of likely N-dealkylation sites (N-methyl/N-ethyl adjacent to an activating group) is 1. The average Bonchev–Trinajstić information content (AvgIpc) is 3.42. The Bertz CT molecular complexity index is 1320. The summed E-state index contributed by atoms with van der Waals surface area (Å²) in [6.07, 6.45) is 0.545. The standard InChI is InChI=1S/C21H21F4N7O/c1-30-8-16(21(24,25)10-30)27-20-28-19(33-2)18-13(5-6-32(18)29-20)12-3-4-14-15(7-12)31(11-26-14)9-17(22)23/h3-7,11,16-17H,8-10H2,1-2H3,(H,27,29)/t16-/m1/s1. The van der Waals surface area contributed by atoms with E-state index in [0.29, 0.717) is 22.1 Å². The number of methoxy groups -OCH3 is 1. The van der Waals surface area contributed by atoms with Crippen molar-refractivity contribution < 1.29 is 22.3 Å². The van der Waals surface area contributed by atoms with Crippen LogP contribution >= 0.6 is 0 Å². The molecule has 33 heavy (non-hydrogen) atoms. The molecule has 174 valence electrons. The summed E-state index contributed by atoms with van der Waals surface area (Å²) < 4.78 is 62.6. The van der Waals surface area contributed by atoms with E-state index in [-0.39, 0.29) is 24.9 Å². The molecule has 1 aliphatic rings. The largest absolute Gasteiger partial charge is 0.479 e. The van der Waals surface area contributed by atoms with Gasteiger partial charge in [-0.05, 0) is 30.8 Å². The highest BCUT2D eigenvalue weighted by molar-refractivity contribution is 5.89. The highest BCUT2D eigenvalue weighted by atomic mass is 19.3. The third-order valence-corrected chi connectivity index (χ3v) is 5.73. The Hall–Kier alpha value is -3.41. The van der Waals surface area contributed by atoms with E-state index < -0.39 is 24.9 Å². The van der Waals surface area contributed by atoms with Crippen molar-refractivity contribution in [3.63, 3.8) is 0 Å². The van der Waals surface area contributed by atoms with E-state index in [4.69, 9.17) is 4.74 Å². The number of likely N-dealkylation sites (tertiary alicyclic amines) is 1. The predicted molar refractivity (Wildman–Crippen MR) is 114 cm³/mol. The van der Waals surface area contributed by atoms with E-state index in [2.05, 4.69) is 20.4 Å². The summed E-state index contributed by atoms with van der Waals surface area (Å²) in [6.45, 7) is -0.652. The minimum Gasteiger partial charge on any atom is -0.479 e. The SMILES string of the molecule is COc1nc(N[C@@H]2CN(C)CC2(F)F)nn2ccc(-c3ccc4ncn(CC(F)F)c4c3)c12. The van der Waals surface area contributed by atoms with Gasteiger partial charge in [0.2, 0.25) is 11.8 Å². The van der Waals surface area contributed by atoms with Crippen LogP contribution in [0.3, 0.4) is 0 Å². The van der Waals surface area contributed by atoms with Crippen LogP contribution in [0.25, 0.3) is 27.7 Å². The van der Waals surface area contributed by atoms with Crippen LogP contribution < -0.4 is 10.1 Å². The Morgan fingerprint density at radius 2 is 2.09 bits per heavy atom. The molecule has 3 aromatic heterocycles. The first-order valence-electron chi connectivity index (χ1n) is 10.2. The molecule has 0 saturated carbocycles. The van der Waals surface area contributed by atoms with Crippen molar-refractivity contribution in [2.24, 2.45) is 0 Å². The minimum atomic E-state index is -2.92. The Morgan fingerprint density at radius 1 is 1.27 bits per heavy atom. The Kier molecular flexibility index (Phi) is 5.11. The highest BCUT2D eigenvalue weighted by Gasteiger charge is 2.47. The van der Waals surface area contributed by atoms with Gasteiger partial charge < -0.3 is 14.6 Å². The smallest absolute Gasteiger partial charge is 0.281 e. The Balaban J connectivity index is 1.54. The number of anilines is 1. The molecular weight excluding hydrogens is 442 g/mol. The summed E-state index contributed by atoms with van der Waals surface area (Å²) >= 11 is 0. The molecule has 1 aromatic carbocycles. The summed E-state index contributed by atoms with van der Waals surface area (Å²) in [5, 5.41) is 7.07. The van der Waals surface area contributed by atoms with Gasteiger partial charge in [0.15, 0.2) is 0 Å². The van der Waals surface area contributed by atoms with Gasteiger partial charge in [-0.25, -0.2) is 27.1 Å². The van der Waals surface area contributed by atoms with Crippen LogP contribution in [0.15, 0.2) is 36.8 Å². The van der Waals surface area contributed by atoms with E-state index in [9.17, 15) is 17.6 Å². The maximum atomic E-state index is 14.2. The lowest BCUT2D eigenvalue weighted by atomic mass is 10.1. The molecule has 0 bridgehead atoms. The van der Waals surface area contributed by atoms with Crippen molar-refractivity contribution in [3.05, 3.63) is 36.8 Å². The number of fused-ring (bicyclic) bond motifs is 2. The number of rotatable bonds is 6. The first-order chi connectivity index (χ1) is 15.7. The van der Waals surface area contributed by atoms with Crippen molar-refractivity contribution in [2.45, 2.75) is 24.9 Å². The number of nitrogens with zero attached hydrogens (tertiary/aromatic N) is 6. The summed E-state index contributed by atoms with van der Waals surface area (Å²) in [5.41, 5.74) is 3.12. The molecule has 4 aromatic rings. The number of imidazole rings is 1. The van der Waals surface area contributed by atoms with Crippen LogP contribution in [0.1, 0.15) is 0 Å². The summed E-state index contributed by atoms with van der Waals surface area (Å²) in [6, 6.07) is 5.98. The van der Waals surface area contributed by atoms with E-state index in [1.54, 1.807) is 31.4 Å². The zero-order chi connectivity index (χ0) is 23.3. The van der Waals surface area contributed by atoms with Gasteiger partial charge in [0.05, 0.1) is 37.6 Å². The molecule has 12 heteroatoms. The van der Waals surface area contributed by atoms with Gasteiger partial charge in [-0.15, -0.1) is 5.10 Å². The third-order valence-electron chi connectivity index (χ3n) is 5.73. The van der Waals surface area contributed by atoms with Crippen LogP contribution in [0.4, 0.5) is 23.5 Å². The lowest BCUT2D eigenvalue weighted by Gasteiger charge is -2.19. The zero-order valence-corrected chi connectivity index (χ0v) is 17.8. The van der Waals surface area contributed by atoms with E-state index in [0.717, 1.165) is 5.56 Å². The fraction of sp³-hybridized carbons (Fsp3) is 0.381. The molecule has 1 fully saturated rings. The van der Waals surface area contributed by atoms with Crippen LogP contribution in [0.5, 0.6) is 5.88 Å². The minimum absolute atomic E-state index is 0.0203. The zero-order valence-electron chi connectivity index (χ0n) is 17.8. The van der Waals surface area contributed by atoms with Gasteiger partial charge in [-0.3, -0.25) is 4.90 Å². The number of benzene rings is 1. The fourth-order valence-corrected chi connectivity index (χ4v) is 4.23. The van der Waals surface area contributed by atoms with Crippen LogP contribution in [0.2, 0.25) is 0 Å². The second kappa shape index (κ2) is 7.87. The van der Waals surface area contributed by atoms with E-state index >= 15 is 0 Å². The highest BCUT2D eigenvalue weighted by Crippen LogP contribution is 2.34. The van der Waals surface area contributed by atoms with Gasteiger partial charge in [-0.1, -0.05) is 6.07 Å². The lowest BCUT2D eigenvalue weighted by Crippen LogP contribution is -2.38. The van der Waals surface area contributed by atoms with Gasteiger partial charge in [-0.2, -0.15) is 4.98 Å². The van der Waals surface area contributed by atoms with Crippen LogP contribution in [-0.4, -0.2) is 74.7 Å². The topological polar surface area (TPSA) is 72.5 Å². The molecule has 8 nitrogen and oxygen atoms in total. The predicted octanol–water partition coefficient (Wildman–Crippen LogP) is 3.38. The molecule has 1 N–H and O–H groups in total. The van der Waals surface area contributed by atoms with Crippen molar-refractivity contribution >= 4 is 22.5 Å². The van der Waals surface area contributed by atoms with Gasteiger partial charge in [0.1, 0.15) is 11.6 Å². The van der Waals surface area contributed by atoms with Gasteiger partial charge in [0.25, 0.3) is 12.3 Å². The molecular formula is C21H21F4N7O. The molecule has 1 atom stereocenters. The Morgan fingerprint density at radius 3 is 2.79 bits per heavy atom. The molecule has 0 amide bonds.